The Labute approximate surface area is 174 Å². The van der Waals surface area contributed by atoms with E-state index < -0.39 is 18.4 Å². The molecule has 29 heavy (non-hydrogen) atoms. The first-order chi connectivity index (χ1) is 13.9. The molecule has 0 radical (unpaired) electrons. The molecule has 6 heteroatoms. The van der Waals surface area contributed by atoms with Crippen molar-refractivity contribution in [1.82, 2.24) is 0 Å². The van der Waals surface area contributed by atoms with Gasteiger partial charge in [0.05, 0.1) is 13.7 Å². The first-order valence-electron chi connectivity index (χ1n) is 10.2. The molecular weight excluding hydrogens is 372 g/mol. The van der Waals surface area contributed by atoms with Crippen LogP contribution >= 0.6 is 0 Å². The van der Waals surface area contributed by atoms with E-state index in [2.05, 4.69) is 33.4 Å². The average Bonchev–Trinajstić information content (AvgIpc) is 2.67. The molecule has 6 nitrogen and oxygen atoms in total. The molecule has 0 saturated carbocycles. The van der Waals surface area contributed by atoms with Gasteiger partial charge in [-0.1, -0.05) is 46.1 Å². The van der Waals surface area contributed by atoms with Gasteiger partial charge in [0.15, 0.2) is 11.5 Å². The van der Waals surface area contributed by atoms with Gasteiger partial charge in [0.2, 0.25) is 0 Å². The summed E-state index contributed by atoms with van der Waals surface area (Å²) < 4.78 is 11.7. The Kier molecular flexibility index (Phi) is 14.1. The highest BCUT2D eigenvalue weighted by Crippen LogP contribution is 2.37. The average molecular weight is 409 g/mol. The van der Waals surface area contributed by atoms with Crippen molar-refractivity contribution in [3.63, 3.8) is 0 Å². The minimum absolute atomic E-state index is 0.771. The zero-order valence-electron chi connectivity index (χ0n) is 18.3. The molecule has 0 bridgehead atoms. The Morgan fingerprint density at radius 1 is 1.03 bits per heavy atom. The van der Waals surface area contributed by atoms with Gasteiger partial charge in [0, 0.05) is 5.56 Å². The number of carboxylic acid groups (broad SMARTS) is 2. The molecule has 1 rings (SSSR count). The fourth-order valence-electron chi connectivity index (χ4n) is 3.08. The Morgan fingerprint density at radius 2 is 1.66 bits per heavy atom. The molecular formula is C23H36O6. The maximum atomic E-state index is 9.43. The summed E-state index contributed by atoms with van der Waals surface area (Å²) in [5.41, 5.74) is 4.01. The van der Waals surface area contributed by atoms with Crippen LogP contribution in [-0.2, 0) is 28.9 Å². The van der Waals surface area contributed by atoms with Gasteiger partial charge in [0.25, 0.3) is 0 Å². The number of benzene rings is 1. The van der Waals surface area contributed by atoms with Gasteiger partial charge in [-0.05, 0) is 42.9 Å². The van der Waals surface area contributed by atoms with E-state index in [0.29, 0.717) is 0 Å². The SMILES string of the molecule is C=CCc1cc(OC)c(OCCCCCC)c(CC)c1CC.O=C(O)CC(=O)O. The second-order valence-electron chi connectivity index (χ2n) is 6.60. The zero-order valence-corrected chi connectivity index (χ0v) is 18.3. The topological polar surface area (TPSA) is 93.1 Å². The van der Waals surface area contributed by atoms with Crippen molar-refractivity contribution in [3.05, 3.63) is 35.4 Å². The number of unbranched alkanes of at least 4 members (excludes halogenated alkanes) is 3. The number of methoxy groups -OCH3 is 1. The van der Waals surface area contributed by atoms with E-state index in [1.807, 2.05) is 6.08 Å². The van der Waals surface area contributed by atoms with Crippen LogP contribution in [0.2, 0.25) is 0 Å². The monoisotopic (exact) mass is 408 g/mol. The predicted molar refractivity (Wildman–Crippen MR) is 115 cm³/mol. The summed E-state index contributed by atoms with van der Waals surface area (Å²) in [4.78, 5) is 18.9. The van der Waals surface area contributed by atoms with E-state index in [1.54, 1.807) is 7.11 Å². The molecule has 0 unspecified atom stereocenters. The summed E-state index contributed by atoms with van der Waals surface area (Å²) in [5, 5.41) is 15.4. The van der Waals surface area contributed by atoms with Crippen LogP contribution in [0.4, 0.5) is 0 Å². The molecule has 1 aromatic rings. The zero-order chi connectivity index (χ0) is 22.2. The van der Waals surface area contributed by atoms with Crippen LogP contribution in [0.15, 0.2) is 18.7 Å². The number of ether oxygens (including phenoxy) is 2. The van der Waals surface area contributed by atoms with Crippen LogP contribution in [0.5, 0.6) is 11.5 Å². The van der Waals surface area contributed by atoms with E-state index in [1.165, 1.54) is 36.0 Å². The molecule has 0 aliphatic rings. The van der Waals surface area contributed by atoms with Crippen molar-refractivity contribution in [2.45, 2.75) is 72.1 Å². The molecule has 0 aliphatic carbocycles. The smallest absolute Gasteiger partial charge is 0.314 e. The largest absolute Gasteiger partial charge is 0.493 e. The lowest BCUT2D eigenvalue weighted by Gasteiger charge is -2.20. The summed E-state index contributed by atoms with van der Waals surface area (Å²) in [7, 11) is 1.72. The van der Waals surface area contributed by atoms with Crippen LogP contribution in [0.25, 0.3) is 0 Å². The van der Waals surface area contributed by atoms with Gasteiger partial charge in [-0.3, -0.25) is 9.59 Å². The van der Waals surface area contributed by atoms with Crippen molar-refractivity contribution in [2.24, 2.45) is 0 Å². The second-order valence-corrected chi connectivity index (χ2v) is 6.60. The third kappa shape index (κ3) is 10.0. The maximum absolute atomic E-state index is 9.43. The lowest BCUT2D eigenvalue weighted by molar-refractivity contribution is -0.147. The summed E-state index contributed by atoms with van der Waals surface area (Å²) >= 11 is 0. The summed E-state index contributed by atoms with van der Waals surface area (Å²) in [5.74, 6) is -0.812. The maximum Gasteiger partial charge on any atom is 0.314 e. The van der Waals surface area contributed by atoms with Gasteiger partial charge in [0.1, 0.15) is 6.42 Å². The minimum atomic E-state index is -1.31. The Bertz CT molecular complexity index is 639. The number of hydrogen-bond donors (Lipinski definition) is 2. The standard InChI is InChI=1S/C20H32O2.C3H4O4/c1-6-10-11-12-14-22-20-18(9-4)17(8-3)16(13-7-2)15-19(20)21-5;4-2(5)1-3(6)7/h7,15H,2,6,8-14H2,1,3-5H3;1H2,(H,4,5)(H,6,7). The van der Waals surface area contributed by atoms with Crippen molar-refractivity contribution in [3.8, 4) is 11.5 Å². The fourth-order valence-corrected chi connectivity index (χ4v) is 3.08. The van der Waals surface area contributed by atoms with Gasteiger partial charge in [-0.2, -0.15) is 0 Å². The van der Waals surface area contributed by atoms with E-state index >= 15 is 0 Å². The van der Waals surface area contributed by atoms with Gasteiger partial charge in [-0.25, -0.2) is 0 Å². The summed E-state index contributed by atoms with van der Waals surface area (Å²) in [6, 6.07) is 2.13. The van der Waals surface area contributed by atoms with E-state index in [0.717, 1.165) is 43.8 Å². The molecule has 0 atom stereocenters. The molecule has 0 amide bonds. The molecule has 0 fully saturated rings. The highest BCUT2D eigenvalue weighted by molar-refractivity contribution is 5.88. The number of carbonyl (C=O) groups is 2. The van der Waals surface area contributed by atoms with Crippen LogP contribution in [-0.4, -0.2) is 35.9 Å². The van der Waals surface area contributed by atoms with E-state index in [4.69, 9.17) is 19.7 Å². The number of allylic oxidation sites excluding steroid dienone is 1. The lowest BCUT2D eigenvalue weighted by atomic mass is 9.93. The highest BCUT2D eigenvalue weighted by Gasteiger charge is 2.17. The van der Waals surface area contributed by atoms with E-state index in [-0.39, 0.29) is 0 Å². The molecule has 1 aromatic carbocycles. The Balaban J connectivity index is 0.000000956. The Morgan fingerprint density at radius 3 is 2.07 bits per heavy atom. The van der Waals surface area contributed by atoms with E-state index in [9.17, 15) is 9.59 Å². The predicted octanol–water partition coefficient (Wildman–Crippen LogP) is 5.05. The molecule has 0 aliphatic heterocycles. The van der Waals surface area contributed by atoms with Crippen molar-refractivity contribution >= 4 is 11.9 Å². The number of hydrogen-bond acceptors (Lipinski definition) is 4. The number of rotatable bonds is 13. The first-order valence-corrected chi connectivity index (χ1v) is 10.2. The molecule has 164 valence electrons. The quantitative estimate of drug-likeness (QED) is 0.269. The summed E-state index contributed by atoms with van der Waals surface area (Å²) in [6.07, 6.45) is 8.88. The van der Waals surface area contributed by atoms with Crippen LogP contribution in [0.1, 0.15) is 69.6 Å². The van der Waals surface area contributed by atoms with Gasteiger partial charge < -0.3 is 19.7 Å². The van der Waals surface area contributed by atoms with Gasteiger partial charge in [-0.15, -0.1) is 6.58 Å². The molecule has 0 spiro atoms. The fraction of sp³-hybridized carbons (Fsp3) is 0.565. The second kappa shape index (κ2) is 15.4. The molecule has 0 saturated heterocycles. The minimum Gasteiger partial charge on any atom is -0.493 e. The van der Waals surface area contributed by atoms with Crippen molar-refractivity contribution in [1.29, 1.82) is 0 Å². The highest BCUT2D eigenvalue weighted by atomic mass is 16.5. The normalized spacial score (nSPS) is 9.93. The van der Waals surface area contributed by atoms with Crippen LogP contribution in [0, 0.1) is 0 Å². The number of carboxylic acids is 2. The van der Waals surface area contributed by atoms with Crippen molar-refractivity contribution in [2.75, 3.05) is 13.7 Å². The first kappa shape index (κ1) is 26.5. The van der Waals surface area contributed by atoms with Gasteiger partial charge >= 0.3 is 11.9 Å². The molecule has 0 heterocycles. The Hall–Kier alpha value is -2.50. The number of aliphatic carboxylic acids is 2. The summed E-state index contributed by atoms with van der Waals surface area (Å²) in [6.45, 7) is 11.3. The van der Waals surface area contributed by atoms with Crippen LogP contribution < -0.4 is 9.47 Å². The van der Waals surface area contributed by atoms with Crippen LogP contribution in [0.3, 0.4) is 0 Å². The molecule has 0 aromatic heterocycles. The molecule has 2 N–H and O–H groups in total. The third-order valence-corrected chi connectivity index (χ3v) is 4.39. The lowest BCUT2D eigenvalue weighted by Crippen LogP contribution is -2.07. The third-order valence-electron chi connectivity index (χ3n) is 4.39. The van der Waals surface area contributed by atoms with Crippen molar-refractivity contribution < 1.29 is 29.3 Å².